The third-order valence-corrected chi connectivity index (χ3v) is 5.18. The van der Waals surface area contributed by atoms with Crippen molar-refractivity contribution >= 4 is 27.5 Å². The third-order valence-electron chi connectivity index (χ3n) is 3.81. The van der Waals surface area contributed by atoms with Gasteiger partial charge in [0.25, 0.3) is 10.0 Å². The first-order valence-corrected chi connectivity index (χ1v) is 9.64. The van der Waals surface area contributed by atoms with E-state index in [2.05, 4.69) is 22.0 Å². The molecule has 0 aliphatic carbocycles. The van der Waals surface area contributed by atoms with Crippen molar-refractivity contribution in [2.45, 2.75) is 51.3 Å². The Kier molecular flexibility index (Phi) is 5.64. The maximum atomic E-state index is 12.3. The summed E-state index contributed by atoms with van der Waals surface area (Å²) in [4.78, 5) is 12.2. The van der Waals surface area contributed by atoms with Crippen molar-refractivity contribution in [3.05, 3.63) is 24.3 Å². The molecule has 1 aliphatic heterocycles. The Balaban J connectivity index is 2.05. The van der Waals surface area contributed by atoms with Crippen molar-refractivity contribution in [2.24, 2.45) is 9.81 Å². The molecule has 2 rings (SSSR count). The fourth-order valence-corrected chi connectivity index (χ4v) is 3.81. The van der Waals surface area contributed by atoms with Crippen molar-refractivity contribution in [1.82, 2.24) is 5.32 Å². The van der Waals surface area contributed by atoms with E-state index in [4.69, 9.17) is 0 Å². The Morgan fingerprint density at radius 3 is 2.71 bits per heavy atom. The number of unbranched alkanes of at least 4 members (excludes halogenated alkanes) is 1. The smallest absolute Gasteiger partial charge is 0.286 e. The Morgan fingerprint density at radius 1 is 1.29 bits per heavy atom. The number of carbonyl (C=O) groups excluding carboxylic acids is 1. The van der Waals surface area contributed by atoms with Crippen molar-refractivity contribution in [3.63, 3.8) is 0 Å². The van der Waals surface area contributed by atoms with Gasteiger partial charge < -0.3 is 10.6 Å². The summed E-state index contributed by atoms with van der Waals surface area (Å²) in [5, 5.41) is 5.96. The molecule has 1 aromatic rings. The van der Waals surface area contributed by atoms with Crippen LogP contribution in [0.2, 0.25) is 0 Å². The summed E-state index contributed by atoms with van der Waals surface area (Å²) in [5.41, 5.74) is 0.134. The van der Waals surface area contributed by atoms with Crippen LogP contribution in [0, 0.1) is 5.41 Å². The molecular weight excluding hydrogens is 326 g/mol. The lowest BCUT2D eigenvalue weighted by Gasteiger charge is -2.27. The molecule has 0 atom stereocenters. The molecule has 1 heterocycles. The zero-order valence-electron chi connectivity index (χ0n) is 14.4. The number of rotatable bonds is 7. The number of nitrogens with zero attached hydrogens (tertiary/aromatic N) is 1. The van der Waals surface area contributed by atoms with E-state index < -0.39 is 15.4 Å². The van der Waals surface area contributed by atoms with Crippen molar-refractivity contribution in [1.29, 1.82) is 0 Å². The zero-order valence-corrected chi connectivity index (χ0v) is 15.2. The molecule has 0 radical (unpaired) electrons. The zero-order chi connectivity index (χ0) is 17.8. The van der Waals surface area contributed by atoms with Gasteiger partial charge in [0.15, 0.2) is 0 Å². The number of amides is 1. The Bertz CT molecular complexity index is 739. The second-order valence-corrected chi connectivity index (χ2v) is 8.43. The van der Waals surface area contributed by atoms with E-state index in [0.29, 0.717) is 30.9 Å². The molecule has 0 saturated heterocycles. The minimum absolute atomic E-state index is 0.0203. The van der Waals surface area contributed by atoms with Crippen molar-refractivity contribution < 1.29 is 13.2 Å². The summed E-state index contributed by atoms with van der Waals surface area (Å²) in [6, 6.07) is 6.69. The quantitative estimate of drug-likeness (QED) is 0.739. The van der Waals surface area contributed by atoms with Gasteiger partial charge in [-0.1, -0.05) is 39.3 Å². The number of para-hydroxylation sites is 1. The van der Waals surface area contributed by atoms with Gasteiger partial charge in [-0.3, -0.25) is 4.79 Å². The van der Waals surface area contributed by atoms with Crippen LogP contribution in [0.1, 0.15) is 46.5 Å². The van der Waals surface area contributed by atoms with E-state index in [1.807, 2.05) is 13.8 Å². The number of amidine groups is 1. The van der Waals surface area contributed by atoms with Crippen LogP contribution < -0.4 is 10.6 Å². The molecule has 2 N–H and O–H groups in total. The first-order chi connectivity index (χ1) is 11.2. The number of benzene rings is 1. The number of fused-ring (bicyclic) bond motifs is 1. The van der Waals surface area contributed by atoms with Gasteiger partial charge in [0.05, 0.1) is 5.69 Å². The molecule has 1 amide bonds. The van der Waals surface area contributed by atoms with Gasteiger partial charge in [0.2, 0.25) is 5.91 Å². The average molecular weight is 351 g/mol. The van der Waals surface area contributed by atoms with Crippen molar-refractivity contribution in [3.8, 4) is 0 Å². The predicted octanol–water partition coefficient (Wildman–Crippen LogP) is 2.92. The molecule has 7 heteroatoms. The second kappa shape index (κ2) is 7.34. The molecule has 1 aliphatic rings. The summed E-state index contributed by atoms with van der Waals surface area (Å²) in [6.07, 6.45) is 2.68. The molecular formula is C17H25N3O3S. The standard InChI is InChI=1S/C17H25N3O3S/c1-4-5-10-18-16(21)12-17(2,3)11-15-19-13-8-6-7-9-14(13)24(22,23)20-15/h6-9H,4-5,10-12H2,1-3H3,(H,18,21)(H,19,20). The van der Waals surface area contributed by atoms with Gasteiger partial charge in [-0.15, -0.1) is 4.40 Å². The number of nitrogens with one attached hydrogen (secondary N) is 2. The van der Waals surface area contributed by atoms with Crippen LogP contribution in [0.15, 0.2) is 33.6 Å². The van der Waals surface area contributed by atoms with Crippen LogP contribution in [-0.4, -0.2) is 26.7 Å². The summed E-state index contributed by atoms with van der Waals surface area (Å²) in [5.74, 6) is 0.355. The topological polar surface area (TPSA) is 87.6 Å². The molecule has 6 nitrogen and oxygen atoms in total. The number of carbonyl (C=O) groups is 1. The first-order valence-electron chi connectivity index (χ1n) is 8.20. The maximum Gasteiger partial charge on any atom is 0.286 e. The molecule has 0 unspecified atom stereocenters. The number of sulfonamides is 1. The number of hydrogen-bond donors (Lipinski definition) is 2. The van der Waals surface area contributed by atoms with Gasteiger partial charge >= 0.3 is 0 Å². The van der Waals surface area contributed by atoms with E-state index in [1.54, 1.807) is 18.2 Å². The van der Waals surface area contributed by atoms with Crippen LogP contribution in [0.25, 0.3) is 0 Å². The Hall–Kier alpha value is -1.89. The highest BCUT2D eigenvalue weighted by Crippen LogP contribution is 2.31. The maximum absolute atomic E-state index is 12.3. The molecule has 24 heavy (non-hydrogen) atoms. The third kappa shape index (κ3) is 4.80. The van der Waals surface area contributed by atoms with Gasteiger partial charge in [-0.2, -0.15) is 8.42 Å². The summed E-state index contributed by atoms with van der Waals surface area (Å²) >= 11 is 0. The summed E-state index contributed by atoms with van der Waals surface area (Å²) in [6.45, 7) is 6.61. The first kappa shape index (κ1) is 18.4. The molecule has 0 aromatic heterocycles. The van der Waals surface area contributed by atoms with Gasteiger partial charge in [-0.25, -0.2) is 0 Å². The lowest BCUT2D eigenvalue weighted by atomic mass is 9.84. The van der Waals surface area contributed by atoms with Crippen molar-refractivity contribution in [2.75, 3.05) is 11.9 Å². The van der Waals surface area contributed by atoms with Crippen LogP contribution in [0.3, 0.4) is 0 Å². The molecule has 1 aromatic carbocycles. The molecule has 0 bridgehead atoms. The van der Waals surface area contributed by atoms with Crippen LogP contribution in [0.4, 0.5) is 5.69 Å². The molecule has 132 valence electrons. The Morgan fingerprint density at radius 2 is 2.00 bits per heavy atom. The lowest BCUT2D eigenvalue weighted by molar-refractivity contribution is -0.122. The average Bonchev–Trinajstić information content (AvgIpc) is 2.45. The van der Waals surface area contributed by atoms with Crippen LogP contribution >= 0.6 is 0 Å². The highest BCUT2D eigenvalue weighted by molar-refractivity contribution is 7.90. The minimum atomic E-state index is -3.68. The largest absolute Gasteiger partial charge is 0.356 e. The fraction of sp³-hybridized carbons (Fsp3) is 0.529. The van der Waals surface area contributed by atoms with E-state index in [0.717, 1.165) is 12.8 Å². The molecule has 0 saturated carbocycles. The second-order valence-electron chi connectivity index (χ2n) is 6.86. The van der Waals surface area contributed by atoms with E-state index in [9.17, 15) is 13.2 Å². The SMILES string of the molecule is CCCCNC(=O)CC(C)(C)CC1=NS(=O)(=O)c2ccccc2N1. The molecule has 0 spiro atoms. The van der Waals surface area contributed by atoms with E-state index >= 15 is 0 Å². The van der Waals surface area contributed by atoms with Crippen LogP contribution in [0.5, 0.6) is 0 Å². The van der Waals surface area contributed by atoms with Gasteiger partial charge in [0, 0.05) is 19.4 Å². The normalized spacial score (nSPS) is 15.9. The summed E-state index contributed by atoms with van der Waals surface area (Å²) < 4.78 is 28.4. The predicted molar refractivity (Wildman–Crippen MR) is 95.6 cm³/mol. The highest BCUT2D eigenvalue weighted by Gasteiger charge is 2.29. The monoisotopic (exact) mass is 351 g/mol. The number of hydrogen-bond acceptors (Lipinski definition) is 4. The lowest BCUT2D eigenvalue weighted by Crippen LogP contribution is -2.33. The minimum Gasteiger partial charge on any atom is -0.356 e. The van der Waals surface area contributed by atoms with Gasteiger partial charge in [-0.05, 0) is 24.0 Å². The van der Waals surface area contributed by atoms with Crippen LogP contribution in [-0.2, 0) is 14.8 Å². The van der Waals surface area contributed by atoms with E-state index in [-0.39, 0.29) is 10.8 Å². The summed E-state index contributed by atoms with van der Waals surface area (Å²) in [7, 11) is -3.68. The Labute approximate surface area is 143 Å². The highest BCUT2D eigenvalue weighted by atomic mass is 32.2. The van der Waals surface area contributed by atoms with Gasteiger partial charge in [0.1, 0.15) is 10.7 Å². The fourth-order valence-electron chi connectivity index (χ4n) is 2.66. The molecule has 0 fully saturated rings. The number of anilines is 1. The van der Waals surface area contributed by atoms with E-state index in [1.165, 1.54) is 6.07 Å².